The Morgan fingerprint density at radius 2 is 1.35 bits per heavy atom. The Balaban J connectivity index is 2.60. The first-order valence-corrected chi connectivity index (χ1v) is 7.42. The zero-order chi connectivity index (χ0) is 15.0. The van der Waals surface area contributed by atoms with E-state index in [9.17, 15) is 4.79 Å². The number of rotatable bonds is 2. The third kappa shape index (κ3) is 3.04. The number of halogens is 6. The van der Waals surface area contributed by atoms with Crippen LogP contribution in [0.4, 0.5) is 0 Å². The SMILES string of the molecule is O=C(c1ccc(Cl)cc1Cl)c1cc(Cl)c(Cl)c(Cl)c1Cl. The van der Waals surface area contributed by atoms with Crippen molar-refractivity contribution >= 4 is 75.4 Å². The van der Waals surface area contributed by atoms with E-state index in [4.69, 9.17) is 69.6 Å². The number of hydrogen-bond acceptors (Lipinski definition) is 1. The molecule has 0 radical (unpaired) electrons. The molecule has 2 aromatic carbocycles. The quantitative estimate of drug-likeness (QED) is 0.312. The van der Waals surface area contributed by atoms with Crippen molar-refractivity contribution in [3.63, 3.8) is 0 Å². The summed E-state index contributed by atoms with van der Waals surface area (Å²) in [6.07, 6.45) is 0. The maximum absolute atomic E-state index is 12.4. The number of carbonyl (C=O) groups is 1. The highest BCUT2D eigenvalue weighted by Gasteiger charge is 2.21. The maximum atomic E-state index is 12.4. The van der Waals surface area contributed by atoms with Crippen LogP contribution in [0.15, 0.2) is 24.3 Å². The second-order valence-electron chi connectivity index (χ2n) is 3.80. The molecule has 0 aliphatic carbocycles. The molecule has 0 aliphatic rings. The van der Waals surface area contributed by atoms with Crippen LogP contribution >= 0.6 is 69.6 Å². The summed E-state index contributed by atoms with van der Waals surface area (Å²) < 4.78 is 0. The molecule has 0 saturated heterocycles. The van der Waals surface area contributed by atoms with Crippen LogP contribution in [0.2, 0.25) is 30.1 Å². The average Bonchev–Trinajstić information content (AvgIpc) is 2.40. The zero-order valence-corrected chi connectivity index (χ0v) is 14.0. The smallest absolute Gasteiger partial charge is 0.196 e. The van der Waals surface area contributed by atoms with Crippen LogP contribution < -0.4 is 0 Å². The Hall–Kier alpha value is -0.150. The lowest BCUT2D eigenvalue weighted by Gasteiger charge is -2.09. The topological polar surface area (TPSA) is 17.1 Å². The van der Waals surface area contributed by atoms with E-state index in [-0.39, 0.29) is 36.2 Å². The van der Waals surface area contributed by atoms with E-state index in [1.54, 1.807) is 6.07 Å². The van der Waals surface area contributed by atoms with Gasteiger partial charge < -0.3 is 0 Å². The van der Waals surface area contributed by atoms with E-state index in [0.717, 1.165) is 0 Å². The molecule has 0 aliphatic heterocycles. The van der Waals surface area contributed by atoms with Gasteiger partial charge in [-0.15, -0.1) is 0 Å². The molecule has 7 heteroatoms. The lowest BCUT2D eigenvalue weighted by molar-refractivity contribution is 0.103. The molecular weight excluding hydrogens is 385 g/mol. The summed E-state index contributed by atoms with van der Waals surface area (Å²) in [5.41, 5.74) is 0.364. The van der Waals surface area contributed by atoms with Crippen molar-refractivity contribution in [1.29, 1.82) is 0 Å². The molecule has 1 nitrogen and oxygen atoms in total. The number of ketones is 1. The van der Waals surface area contributed by atoms with Crippen LogP contribution in [-0.4, -0.2) is 5.78 Å². The van der Waals surface area contributed by atoms with Crippen molar-refractivity contribution < 1.29 is 4.79 Å². The van der Waals surface area contributed by atoms with Crippen molar-refractivity contribution in [2.45, 2.75) is 0 Å². The van der Waals surface area contributed by atoms with Crippen molar-refractivity contribution in [3.05, 3.63) is 65.5 Å². The summed E-state index contributed by atoms with van der Waals surface area (Å²) >= 11 is 35.5. The van der Waals surface area contributed by atoms with E-state index in [2.05, 4.69) is 0 Å². The summed E-state index contributed by atoms with van der Waals surface area (Å²) in [6, 6.07) is 5.86. The van der Waals surface area contributed by atoms with Gasteiger partial charge in [0, 0.05) is 16.1 Å². The van der Waals surface area contributed by atoms with E-state index < -0.39 is 5.78 Å². The second kappa shape index (κ2) is 6.31. The first kappa shape index (κ1) is 16.2. The Kier molecular flexibility index (Phi) is 5.12. The number of benzene rings is 2. The molecule has 0 amide bonds. The molecule has 0 heterocycles. The lowest BCUT2D eigenvalue weighted by Crippen LogP contribution is -2.04. The first-order chi connectivity index (χ1) is 9.32. The van der Waals surface area contributed by atoms with Crippen molar-refractivity contribution in [2.75, 3.05) is 0 Å². The van der Waals surface area contributed by atoms with Gasteiger partial charge in [-0.05, 0) is 24.3 Å². The predicted molar refractivity (Wildman–Crippen MR) is 86.4 cm³/mol. The fourth-order valence-electron chi connectivity index (χ4n) is 1.56. The number of carbonyl (C=O) groups excluding carboxylic acids is 1. The molecule has 0 atom stereocenters. The van der Waals surface area contributed by atoms with Crippen LogP contribution in [0.5, 0.6) is 0 Å². The van der Waals surface area contributed by atoms with Gasteiger partial charge in [0.15, 0.2) is 5.78 Å². The largest absolute Gasteiger partial charge is 0.288 e. The molecule has 0 bridgehead atoms. The first-order valence-electron chi connectivity index (χ1n) is 5.15. The normalized spacial score (nSPS) is 10.7. The highest BCUT2D eigenvalue weighted by Crippen LogP contribution is 2.39. The van der Waals surface area contributed by atoms with E-state index >= 15 is 0 Å². The van der Waals surface area contributed by atoms with Crippen LogP contribution in [0.25, 0.3) is 0 Å². The predicted octanol–water partition coefficient (Wildman–Crippen LogP) is 6.84. The molecule has 0 saturated carbocycles. The number of hydrogen-bond donors (Lipinski definition) is 0. The monoisotopic (exact) mass is 386 g/mol. The summed E-state index contributed by atoms with van der Waals surface area (Å²) in [6.45, 7) is 0. The third-order valence-electron chi connectivity index (χ3n) is 2.52. The molecule has 0 N–H and O–H groups in total. The summed E-state index contributed by atoms with van der Waals surface area (Å²) in [4.78, 5) is 12.4. The highest BCUT2D eigenvalue weighted by atomic mass is 35.5. The molecular formula is C13H4Cl6O. The fraction of sp³-hybridized carbons (Fsp3) is 0. The Labute approximate surface area is 145 Å². The molecule has 0 unspecified atom stereocenters. The minimum Gasteiger partial charge on any atom is -0.288 e. The minimum atomic E-state index is -0.419. The molecule has 2 aromatic rings. The maximum Gasteiger partial charge on any atom is 0.196 e. The van der Waals surface area contributed by atoms with E-state index in [1.807, 2.05) is 0 Å². The van der Waals surface area contributed by atoms with Gasteiger partial charge in [-0.1, -0.05) is 69.6 Å². The van der Waals surface area contributed by atoms with E-state index in [0.29, 0.717) is 5.02 Å². The molecule has 0 spiro atoms. The Morgan fingerprint density at radius 1 is 0.700 bits per heavy atom. The van der Waals surface area contributed by atoms with Gasteiger partial charge in [0.25, 0.3) is 0 Å². The fourth-order valence-corrected chi connectivity index (χ4v) is 2.94. The average molecular weight is 389 g/mol. The van der Waals surface area contributed by atoms with Crippen molar-refractivity contribution in [2.24, 2.45) is 0 Å². The van der Waals surface area contributed by atoms with Gasteiger partial charge in [-0.25, -0.2) is 0 Å². The van der Waals surface area contributed by atoms with Gasteiger partial charge >= 0.3 is 0 Å². The zero-order valence-electron chi connectivity index (χ0n) is 9.49. The summed E-state index contributed by atoms with van der Waals surface area (Å²) in [7, 11) is 0. The van der Waals surface area contributed by atoms with Crippen LogP contribution in [0, 0.1) is 0 Å². The van der Waals surface area contributed by atoms with Gasteiger partial charge in [0.2, 0.25) is 0 Å². The second-order valence-corrected chi connectivity index (χ2v) is 6.19. The van der Waals surface area contributed by atoms with Crippen molar-refractivity contribution in [3.8, 4) is 0 Å². The van der Waals surface area contributed by atoms with Gasteiger partial charge in [-0.3, -0.25) is 4.79 Å². The molecule has 0 fully saturated rings. The van der Waals surface area contributed by atoms with Crippen molar-refractivity contribution in [1.82, 2.24) is 0 Å². The van der Waals surface area contributed by atoms with Crippen LogP contribution in [0.1, 0.15) is 15.9 Å². The van der Waals surface area contributed by atoms with Gasteiger partial charge in [0.1, 0.15) is 0 Å². The van der Waals surface area contributed by atoms with Crippen LogP contribution in [0.3, 0.4) is 0 Å². The third-order valence-corrected chi connectivity index (χ3v) is 4.82. The molecule has 104 valence electrons. The summed E-state index contributed by atoms with van der Waals surface area (Å²) in [5.74, 6) is -0.419. The molecule has 0 aromatic heterocycles. The molecule has 20 heavy (non-hydrogen) atoms. The van der Waals surface area contributed by atoms with Gasteiger partial charge in [0.05, 0.1) is 25.1 Å². The van der Waals surface area contributed by atoms with E-state index in [1.165, 1.54) is 18.2 Å². The Morgan fingerprint density at radius 3 is 1.95 bits per heavy atom. The standard InChI is InChI=1S/C13H4Cl6O/c14-5-1-2-6(8(15)3-5)13(20)7-4-9(16)11(18)12(19)10(7)17/h1-4H. The molecule has 2 rings (SSSR count). The Bertz CT molecular complexity index is 710. The summed E-state index contributed by atoms with van der Waals surface area (Å²) in [5, 5.41) is 0.906. The van der Waals surface area contributed by atoms with Gasteiger partial charge in [-0.2, -0.15) is 0 Å². The lowest BCUT2D eigenvalue weighted by atomic mass is 10.0. The van der Waals surface area contributed by atoms with Crippen LogP contribution in [-0.2, 0) is 0 Å². The minimum absolute atomic E-state index is 0.0225. The highest BCUT2D eigenvalue weighted by molar-refractivity contribution is 6.53.